The number of aryl methyl sites for hydroxylation is 1. The van der Waals surface area contributed by atoms with Crippen LogP contribution in [0.4, 0.5) is 0 Å². The molecule has 0 fully saturated rings. The van der Waals surface area contributed by atoms with Crippen LogP contribution in [-0.4, -0.2) is 40.4 Å². The van der Waals surface area contributed by atoms with E-state index in [1.54, 1.807) is 17.4 Å². The minimum atomic E-state index is -0.351. The molecular formula is C24H23N3O3S. The van der Waals surface area contributed by atoms with Gasteiger partial charge in [0.2, 0.25) is 5.91 Å². The molecule has 1 amide bonds. The fourth-order valence-corrected chi connectivity index (χ4v) is 5.26. The molecule has 0 unspecified atom stereocenters. The highest BCUT2D eigenvalue weighted by Gasteiger charge is 2.24. The summed E-state index contributed by atoms with van der Waals surface area (Å²) in [6.45, 7) is 1.28. The average Bonchev–Trinajstić information content (AvgIpc) is 3.38. The van der Waals surface area contributed by atoms with Crippen LogP contribution in [0, 0.1) is 0 Å². The third kappa shape index (κ3) is 3.81. The first-order valence-corrected chi connectivity index (χ1v) is 11.3. The molecule has 0 aliphatic carbocycles. The lowest BCUT2D eigenvalue weighted by molar-refractivity contribution is -0.132. The van der Waals surface area contributed by atoms with Crippen LogP contribution in [0.25, 0.3) is 21.1 Å². The third-order valence-electron chi connectivity index (χ3n) is 5.87. The van der Waals surface area contributed by atoms with Crippen molar-refractivity contribution in [2.24, 2.45) is 0 Å². The molecule has 1 N–H and O–H groups in total. The Morgan fingerprint density at radius 3 is 2.94 bits per heavy atom. The zero-order chi connectivity index (χ0) is 21.4. The van der Waals surface area contributed by atoms with Crippen molar-refractivity contribution >= 4 is 44.3 Å². The summed E-state index contributed by atoms with van der Waals surface area (Å²) in [5.41, 5.74) is 4.80. The maximum atomic E-state index is 12.9. The summed E-state index contributed by atoms with van der Waals surface area (Å²) in [6.07, 6.45) is 2.92. The number of carbonyl (C=O) groups excluding carboxylic acids is 2. The minimum Gasteiger partial charge on any atom is -0.465 e. The molecule has 158 valence electrons. The fraction of sp³-hybridized carbons (Fsp3) is 0.292. The molecule has 31 heavy (non-hydrogen) atoms. The molecule has 4 aromatic rings. The summed E-state index contributed by atoms with van der Waals surface area (Å²) < 4.78 is 6.04. The highest BCUT2D eigenvalue weighted by molar-refractivity contribution is 7.18. The molecule has 0 spiro atoms. The number of nitrogens with zero attached hydrogens (tertiary/aromatic N) is 2. The largest absolute Gasteiger partial charge is 0.465 e. The molecule has 1 aliphatic heterocycles. The van der Waals surface area contributed by atoms with E-state index >= 15 is 0 Å². The molecule has 2 aromatic carbocycles. The molecule has 0 bridgehead atoms. The Morgan fingerprint density at radius 2 is 2.10 bits per heavy atom. The van der Waals surface area contributed by atoms with Gasteiger partial charge in [0.25, 0.3) is 0 Å². The van der Waals surface area contributed by atoms with E-state index in [1.807, 2.05) is 35.2 Å². The number of methoxy groups -OCH3 is 1. The molecule has 0 saturated carbocycles. The van der Waals surface area contributed by atoms with Crippen molar-refractivity contribution in [2.75, 3.05) is 13.7 Å². The van der Waals surface area contributed by atoms with Crippen molar-refractivity contribution in [1.82, 2.24) is 14.9 Å². The van der Waals surface area contributed by atoms with Crippen molar-refractivity contribution in [3.63, 3.8) is 0 Å². The summed E-state index contributed by atoms with van der Waals surface area (Å²) >= 11 is 1.71. The first-order chi connectivity index (χ1) is 15.1. The Labute approximate surface area is 183 Å². The molecule has 7 heteroatoms. The van der Waals surface area contributed by atoms with Crippen molar-refractivity contribution < 1.29 is 14.3 Å². The molecule has 3 heterocycles. The van der Waals surface area contributed by atoms with Gasteiger partial charge in [-0.15, -0.1) is 11.3 Å². The molecule has 2 aromatic heterocycles. The smallest absolute Gasteiger partial charge is 0.337 e. The molecule has 1 aliphatic rings. The number of benzene rings is 2. The summed E-state index contributed by atoms with van der Waals surface area (Å²) in [6, 6.07) is 13.7. The van der Waals surface area contributed by atoms with Crippen molar-refractivity contribution in [3.05, 3.63) is 64.3 Å². The number of aromatic amines is 1. The van der Waals surface area contributed by atoms with Gasteiger partial charge in [-0.05, 0) is 43.2 Å². The summed E-state index contributed by atoms with van der Waals surface area (Å²) in [5.74, 6) is -0.180. The third-order valence-corrected chi connectivity index (χ3v) is 6.96. The van der Waals surface area contributed by atoms with Crippen LogP contribution < -0.4 is 0 Å². The number of hydrogen-bond donors (Lipinski definition) is 1. The zero-order valence-corrected chi connectivity index (χ0v) is 18.1. The maximum Gasteiger partial charge on any atom is 0.337 e. The highest BCUT2D eigenvalue weighted by Crippen LogP contribution is 2.29. The molecule has 5 rings (SSSR count). The maximum absolute atomic E-state index is 12.9. The van der Waals surface area contributed by atoms with Crippen molar-refractivity contribution in [1.29, 1.82) is 0 Å². The predicted molar refractivity (Wildman–Crippen MR) is 121 cm³/mol. The number of hydrogen-bond acceptors (Lipinski definition) is 5. The standard InChI is InChI=1S/C24H23N3O3S/c1-30-24(29)15-9-10-18-16(13-15)17-14-27(12-11-19(17)25-18)23(28)8-4-7-22-26-20-5-2-3-6-21(20)31-22/h2-3,5-6,9-10,13,25H,4,7-8,11-12,14H2,1H3. The van der Waals surface area contributed by atoms with Gasteiger partial charge in [0.15, 0.2) is 0 Å². The number of thiazole rings is 1. The molecule has 0 radical (unpaired) electrons. The van der Waals surface area contributed by atoms with E-state index in [0.717, 1.165) is 51.9 Å². The monoisotopic (exact) mass is 433 g/mol. The molecular weight excluding hydrogens is 410 g/mol. The van der Waals surface area contributed by atoms with Crippen molar-refractivity contribution in [2.45, 2.75) is 32.2 Å². The zero-order valence-electron chi connectivity index (χ0n) is 17.3. The number of fused-ring (bicyclic) bond motifs is 4. The molecule has 0 saturated heterocycles. The van der Waals surface area contributed by atoms with Gasteiger partial charge in [-0.1, -0.05) is 12.1 Å². The Bertz CT molecular complexity index is 1260. The minimum absolute atomic E-state index is 0.172. The Kier molecular flexibility index (Phi) is 5.19. The van der Waals surface area contributed by atoms with Crippen LogP contribution in [-0.2, 0) is 28.9 Å². The Balaban J connectivity index is 1.26. The molecule has 0 atom stereocenters. The van der Waals surface area contributed by atoms with Crippen molar-refractivity contribution in [3.8, 4) is 0 Å². The van der Waals surface area contributed by atoms with E-state index in [4.69, 9.17) is 4.74 Å². The van der Waals surface area contributed by atoms with E-state index in [9.17, 15) is 9.59 Å². The Morgan fingerprint density at radius 1 is 1.23 bits per heavy atom. The van der Waals surface area contributed by atoms with E-state index in [0.29, 0.717) is 25.1 Å². The van der Waals surface area contributed by atoms with Gasteiger partial charge in [0, 0.05) is 48.1 Å². The SMILES string of the molecule is COC(=O)c1ccc2[nH]c3c(c2c1)CN(C(=O)CCCc1nc2ccccc2s1)CC3. The number of H-pyrrole nitrogens is 1. The van der Waals surface area contributed by atoms with Crippen LogP contribution in [0.5, 0.6) is 0 Å². The van der Waals surface area contributed by atoms with Crippen LogP contribution in [0.1, 0.15) is 39.5 Å². The van der Waals surface area contributed by atoms with Crippen LogP contribution in [0.15, 0.2) is 42.5 Å². The number of carbonyl (C=O) groups is 2. The second-order valence-corrected chi connectivity index (χ2v) is 8.94. The number of rotatable bonds is 5. The average molecular weight is 434 g/mol. The Hall–Kier alpha value is -3.19. The van der Waals surface area contributed by atoms with E-state index < -0.39 is 0 Å². The number of nitrogens with one attached hydrogen (secondary N) is 1. The van der Waals surface area contributed by atoms with Crippen LogP contribution in [0.3, 0.4) is 0 Å². The normalized spacial score (nSPS) is 13.5. The second kappa shape index (κ2) is 8.15. The van der Waals surface area contributed by atoms with Gasteiger partial charge in [0.05, 0.1) is 27.9 Å². The van der Waals surface area contributed by atoms with Gasteiger partial charge in [-0.3, -0.25) is 4.79 Å². The number of para-hydroxylation sites is 1. The van der Waals surface area contributed by atoms with Gasteiger partial charge < -0.3 is 14.6 Å². The van der Waals surface area contributed by atoms with Gasteiger partial charge in [-0.2, -0.15) is 0 Å². The van der Waals surface area contributed by atoms with Gasteiger partial charge in [-0.25, -0.2) is 9.78 Å². The molecule has 6 nitrogen and oxygen atoms in total. The van der Waals surface area contributed by atoms with E-state index in [1.165, 1.54) is 11.8 Å². The summed E-state index contributed by atoms with van der Waals surface area (Å²) in [4.78, 5) is 34.8. The lowest BCUT2D eigenvalue weighted by atomic mass is 10.0. The number of ether oxygens (including phenoxy) is 1. The highest BCUT2D eigenvalue weighted by atomic mass is 32.1. The fourth-order valence-electron chi connectivity index (χ4n) is 4.25. The second-order valence-electron chi connectivity index (χ2n) is 7.83. The topological polar surface area (TPSA) is 75.3 Å². The number of esters is 1. The van der Waals surface area contributed by atoms with Gasteiger partial charge in [0.1, 0.15) is 0 Å². The lowest BCUT2D eigenvalue weighted by Gasteiger charge is -2.27. The predicted octanol–water partition coefficient (Wildman–Crippen LogP) is 4.47. The summed E-state index contributed by atoms with van der Waals surface area (Å²) in [5, 5.41) is 2.08. The van der Waals surface area contributed by atoms with E-state index in [2.05, 4.69) is 16.0 Å². The van der Waals surface area contributed by atoms with Crippen LogP contribution >= 0.6 is 11.3 Å². The van der Waals surface area contributed by atoms with E-state index in [-0.39, 0.29) is 11.9 Å². The van der Waals surface area contributed by atoms with Gasteiger partial charge >= 0.3 is 5.97 Å². The summed E-state index contributed by atoms with van der Waals surface area (Å²) in [7, 11) is 1.38. The first kappa shape index (κ1) is 19.8. The number of aromatic nitrogens is 2. The number of amides is 1. The first-order valence-electron chi connectivity index (χ1n) is 10.5. The van der Waals surface area contributed by atoms with Crippen LogP contribution in [0.2, 0.25) is 0 Å². The lowest BCUT2D eigenvalue weighted by Crippen LogP contribution is -2.35. The quantitative estimate of drug-likeness (QED) is 0.471.